The van der Waals surface area contributed by atoms with Crippen LogP contribution in [0, 0.1) is 0 Å². The first-order chi connectivity index (χ1) is 17.7. The smallest absolute Gasteiger partial charge is 0.201 e. The van der Waals surface area contributed by atoms with E-state index in [0.717, 1.165) is 11.4 Å². The third kappa shape index (κ3) is 4.24. The zero-order valence-corrected chi connectivity index (χ0v) is 20.1. The molecule has 0 aliphatic heterocycles. The first kappa shape index (κ1) is 22.1. The zero-order valence-electron chi connectivity index (χ0n) is 18.6. The van der Waals surface area contributed by atoms with Gasteiger partial charge in [0.05, 0.1) is 11.4 Å². The second-order valence-corrected chi connectivity index (χ2v) is 8.60. The van der Waals surface area contributed by atoms with Crippen LogP contribution in [0.5, 0.6) is 0 Å². The minimum absolute atomic E-state index is 0.450. The maximum Gasteiger partial charge on any atom is 0.201 e. The summed E-state index contributed by atoms with van der Waals surface area (Å²) in [5.74, 6) is 1.85. The minimum atomic E-state index is 0.450. The molecule has 8 nitrogen and oxygen atoms in total. The monoisotopic (exact) mass is 510 g/mol. The molecule has 0 spiro atoms. The molecule has 0 N–H and O–H groups in total. The van der Waals surface area contributed by atoms with E-state index < -0.39 is 0 Å². The third-order valence-electron chi connectivity index (χ3n) is 5.34. The fourth-order valence-corrected chi connectivity index (χ4v) is 3.90. The number of halogens is 2. The van der Waals surface area contributed by atoms with Gasteiger partial charge >= 0.3 is 0 Å². The molecule has 4 heterocycles. The number of hydrogen-bond acceptors (Lipinski definition) is 6. The van der Waals surface area contributed by atoms with Crippen molar-refractivity contribution in [2.75, 3.05) is 0 Å². The standard InChI is InChI=1S/C26H16Cl2N8/c27-17-7-11-19(12-8-17)35-25(31-23(33-35)21-5-1-3-15-29-21)26-32-24(22-6-2-4-16-30-22)34-36(26)20-13-9-18(28)10-14-20/h1-16H. The van der Waals surface area contributed by atoms with Crippen molar-refractivity contribution in [2.45, 2.75) is 0 Å². The molecule has 6 rings (SSSR count). The highest BCUT2D eigenvalue weighted by atomic mass is 35.5. The van der Waals surface area contributed by atoms with E-state index in [2.05, 4.69) is 9.97 Å². The maximum atomic E-state index is 6.15. The number of benzene rings is 2. The van der Waals surface area contributed by atoms with E-state index in [-0.39, 0.29) is 0 Å². The van der Waals surface area contributed by atoms with Crippen molar-refractivity contribution in [1.29, 1.82) is 0 Å². The zero-order chi connectivity index (χ0) is 24.5. The summed E-state index contributed by atoms with van der Waals surface area (Å²) < 4.78 is 3.41. The average Bonchev–Trinajstić information content (AvgIpc) is 3.56. The third-order valence-corrected chi connectivity index (χ3v) is 5.85. The van der Waals surface area contributed by atoms with Crippen molar-refractivity contribution in [2.24, 2.45) is 0 Å². The van der Waals surface area contributed by atoms with E-state index in [1.165, 1.54) is 0 Å². The molecule has 10 heteroatoms. The van der Waals surface area contributed by atoms with Gasteiger partial charge in [-0.1, -0.05) is 35.3 Å². The Kier molecular flexibility index (Phi) is 5.73. The summed E-state index contributed by atoms with van der Waals surface area (Å²) in [7, 11) is 0. The molecule has 174 valence electrons. The van der Waals surface area contributed by atoms with Gasteiger partial charge < -0.3 is 0 Å². The van der Waals surface area contributed by atoms with Crippen LogP contribution >= 0.6 is 23.2 Å². The summed E-state index contributed by atoms with van der Waals surface area (Å²) in [6.07, 6.45) is 3.40. The summed E-state index contributed by atoms with van der Waals surface area (Å²) in [5, 5.41) is 10.8. The van der Waals surface area contributed by atoms with Crippen molar-refractivity contribution >= 4 is 23.2 Å². The van der Waals surface area contributed by atoms with Gasteiger partial charge in [-0.15, -0.1) is 10.2 Å². The Bertz CT molecular complexity index is 1500. The van der Waals surface area contributed by atoms with Gasteiger partial charge in [0.2, 0.25) is 23.3 Å². The minimum Gasteiger partial charge on any atom is -0.253 e. The number of aromatic nitrogens is 8. The van der Waals surface area contributed by atoms with Crippen molar-refractivity contribution < 1.29 is 0 Å². The quantitative estimate of drug-likeness (QED) is 0.285. The molecule has 0 aliphatic rings. The lowest BCUT2D eigenvalue weighted by molar-refractivity contribution is 0.843. The number of nitrogens with zero attached hydrogens (tertiary/aromatic N) is 8. The average molecular weight is 511 g/mol. The van der Waals surface area contributed by atoms with Gasteiger partial charge in [0.15, 0.2) is 0 Å². The SMILES string of the molecule is Clc1ccc(-n2nc(-c3ccccn3)nc2-c2nc(-c3ccccn3)nn2-c2ccc(Cl)cc2)cc1. The topological polar surface area (TPSA) is 87.2 Å². The van der Waals surface area contributed by atoms with E-state index >= 15 is 0 Å². The second-order valence-electron chi connectivity index (χ2n) is 7.72. The van der Waals surface area contributed by atoms with Crippen LogP contribution in [0.2, 0.25) is 10.0 Å². The Balaban J connectivity index is 1.60. The van der Waals surface area contributed by atoms with Crippen LogP contribution in [0.1, 0.15) is 0 Å². The maximum absolute atomic E-state index is 6.15. The number of pyridine rings is 2. The molecule has 36 heavy (non-hydrogen) atoms. The largest absolute Gasteiger partial charge is 0.253 e. The van der Waals surface area contributed by atoms with Crippen LogP contribution in [0.15, 0.2) is 97.3 Å². The molecule has 4 aromatic heterocycles. The highest BCUT2D eigenvalue weighted by Crippen LogP contribution is 2.28. The Morgan fingerprint density at radius 3 is 1.28 bits per heavy atom. The van der Waals surface area contributed by atoms with E-state index in [0.29, 0.717) is 44.7 Å². The van der Waals surface area contributed by atoms with Crippen LogP contribution in [0.3, 0.4) is 0 Å². The molecule has 0 saturated heterocycles. The summed E-state index contributed by atoms with van der Waals surface area (Å²) in [4.78, 5) is 18.5. The van der Waals surface area contributed by atoms with Gasteiger partial charge in [-0.2, -0.15) is 0 Å². The molecule has 0 radical (unpaired) electrons. The van der Waals surface area contributed by atoms with E-state index in [9.17, 15) is 0 Å². The highest BCUT2D eigenvalue weighted by molar-refractivity contribution is 6.30. The Morgan fingerprint density at radius 2 is 0.917 bits per heavy atom. The first-order valence-electron chi connectivity index (χ1n) is 10.9. The molecule has 0 saturated carbocycles. The molecule has 0 amide bonds. The molecule has 0 bridgehead atoms. The molecule has 0 atom stereocenters. The molecule has 0 fully saturated rings. The molecular weight excluding hydrogens is 495 g/mol. The lowest BCUT2D eigenvalue weighted by Crippen LogP contribution is -2.05. The van der Waals surface area contributed by atoms with Gasteiger partial charge in [-0.05, 0) is 72.8 Å². The lowest BCUT2D eigenvalue weighted by Gasteiger charge is -2.08. The summed E-state index contributed by atoms with van der Waals surface area (Å²) in [6.45, 7) is 0. The normalized spacial score (nSPS) is 11.1. The van der Waals surface area contributed by atoms with Crippen molar-refractivity contribution in [3.8, 4) is 46.1 Å². The Morgan fingerprint density at radius 1 is 0.500 bits per heavy atom. The number of hydrogen-bond donors (Lipinski definition) is 0. The molecule has 2 aromatic carbocycles. The first-order valence-corrected chi connectivity index (χ1v) is 11.7. The van der Waals surface area contributed by atoms with Crippen molar-refractivity contribution in [3.63, 3.8) is 0 Å². The predicted molar refractivity (Wildman–Crippen MR) is 138 cm³/mol. The van der Waals surface area contributed by atoms with Gasteiger partial charge in [0.1, 0.15) is 11.4 Å². The van der Waals surface area contributed by atoms with Crippen LogP contribution < -0.4 is 0 Å². The lowest BCUT2D eigenvalue weighted by atomic mass is 10.3. The van der Waals surface area contributed by atoms with Crippen LogP contribution in [-0.2, 0) is 0 Å². The summed E-state index contributed by atoms with van der Waals surface area (Å²) >= 11 is 12.3. The van der Waals surface area contributed by atoms with E-state index in [1.807, 2.05) is 60.7 Å². The molecule has 6 aromatic rings. The van der Waals surface area contributed by atoms with Crippen LogP contribution in [0.4, 0.5) is 0 Å². The summed E-state index contributed by atoms with van der Waals surface area (Å²) in [5.41, 5.74) is 2.78. The fourth-order valence-electron chi connectivity index (χ4n) is 3.65. The van der Waals surface area contributed by atoms with Crippen LogP contribution in [0.25, 0.3) is 46.1 Å². The highest BCUT2D eigenvalue weighted by Gasteiger charge is 2.23. The van der Waals surface area contributed by atoms with Gasteiger partial charge in [0, 0.05) is 22.4 Å². The molecular formula is C26H16Cl2N8. The number of rotatable bonds is 5. The van der Waals surface area contributed by atoms with Crippen molar-refractivity contribution in [1.82, 2.24) is 39.5 Å². The predicted octanol–water partition coefficient (Wildman–Crippen LogP) is 5.95. The van der Waals surface area contributed by atoms with Crippen molar-refractivity contribution in [3.05, 3.63) is 107 Å². The van der Waals surface area contributed by atoms with Gasteiger partial charge in [0.25, 0.3) is 0 Å². The van der Waals surface area contributed by atoms with Crippen LogP contribution in [-0.4, -0.2) is 39.5 Å². The fraction of sp³-hybridized carbons (Fsp3) is 0. The Hall–Kier alpha value is -4.40. The van der Waals surface area contributed by atoms with Gasteiger partial charge in [-0.25, -0.2) is 19.3 Å². The molecule has 0 unspecified atom stereocenters. The summed E-state index contributed by atoms with van der Waals surface area (Å²) in [6, 6.07) is 25.8. The second kappa shape index (κ2) is 9.33. The van der Waals surface area contributed by atoms with E-state index in [1.54, 1.807) is 46.0 Å². The van der Waals surface area contributed by atoms with E-state index in [4.69, 9.17) is 43.4 Å². The van der Waals surface area contributed by atoms with Gasteiger partial charge in [-0.3, -0.25) is 9.97 Å². The Labute approximate surface area is 215 Å². The molecule has 0 aliphatic carbocycles.